The molecule has 0 aromatic heterocycles. The molecule has 0 radical (unpaired) electrons. The minimum atomic E-state index is -0.394. The first-order valence-electron chi connectivity index (χ1n) is 9.38. The van der Waals surface area contributed by atoms with Crippen molar-refractivity contribution in [2.24, 2.45) is 41.4 Å². The maximum Gasteiger partial charge on any atom is 0.329 e. The van der Waals surface area contributed by atoms with Crippen LogP contribution in [0.2, 0.25) is 0 Å². The Morgan fingerprint density at radius 1 is 0.917 bits per heavy atom. The lowest BCUT2D eigenvalue weighted by Crippen LogP contribution is -2.36. The normalized spacial score (nSPS) is 39.8. The van der Waals surface area contributed by atoms with Crippen molar-refractivity contribution in [1.29, 1.82) is 0 Å². The van der Waals surface area contributed by atoms with E-state index in [0.29, 0.717) is 5.92 Å². The molecule has 7 atom stereocenters. The van der Waals surface area contributed by atoms with Crippen LogP contribution in [-0.2, 0) is 19.1 Å². The van der Waals surface area contributed by atoms with E-state index < -0.39 is 5.97 Å². The van der Waals surface area contributed by atoms with Crippen LogP contribution in [-0.4, -0.2) is 26.2 Å². The van der Waals surface area contributed by atoms with Crippen molar-refractivity contribution in [3.63, 3.8) is 0 Å². The van der Waals surface area contributed by atoms with E-state index >= 15 is 0 Å². The first-order chi connectivity index (χ1) is 11.6. The molecular formula is C20H32O4. The zero-order valence-electron chi connectivity index (χ0n) is 15.5. The molecule has 4 heteroatoms. The van der Waals surface area contributed by atoms with E-state index in [0.717, 1.165) is 42.1 Å². The van der Waals surface area contributed by atoms with Gasteiger partial charge >= 0.3 is 11.9 Å². The van der Waals surface area contributed by atoms with Crippen LogP contribution >= 0.6 is 0 Å². The van der Waals surface area contributed by atoms with Gasteiger partial charge in [0.2, 0.25) is 0 Å². The van der Waals surface area contributed by atoms with E-state index in [1.807, 2.05) is 13.8 Å². The second-order valence-electron chi connectivity index (χ2n) is 7.24. The van der Waals surface area contributed by atoms with Crippen molar-refractivity contribution in [2.45, 2.75) is 46.0 Å². The average molecular weight is 336 g/mol. The number of fused-ring (bicyclic) bond motifs is 9. The third kappa shape index (κ3) is 3.25. The fourth-order valence-corrected chi connectivity index (χ4v) is 6.07. The highest BCUT2D eigenvalue weighted by atomic mass is 16.5. The molecule has 4 saturated carbocycles. The van der Waals surface area contributed by atoms with Crippen LogP contribution in [0.5, 0.6) is 0 Å². The third-order valence-electron chi connectivity index (χ3n) is 6.61. The van der Waals surface area contributed by atoms with Gasteiger partial charge in [0.1, 0.15) is 0 Å². The van der Waals surface area contributed by atoms with Gasteiger partial charge in [-0.25, -0.2) is 4.79 Å². The molecule has 4 fully saturated rings. The molecule has 136 valence electrons. The van der Waals surface area contributed by atoms with Gasteiger partial charge in [-0.15, -0.1) is 0 Å². The predicted molar refractivity (Wildman–Crippen MR) is 93.1 cm³/mol. The fourth-order valence-electron chi connectivity index (χ4n) is 6.07. The van der Waals surface area contributed by atoms with Gasteiger partial charge in [0.15, 0.2) is 0 Å². The molecule has 4 aliphatic rings. The number of methoxy groups -OCH3 is 2. The summed E-state index contributed by atoms with van der Waals surface area (Å²) in [6.07, 6.45) is 8.00. The van der Waals surface area contributed by atoms with E-state index in [2.05, 4.69) is 11.3 Å². The summed E-state index contributed by atoms with van der Waals surface area (Å²) in [6, 6.07) is 0. The fraction of sp³-hybridized carbons (Fsp3) is 0.800. The standard InChI is InChI=1S/C14H20O2.C4H6O2.C2H6/c1-16-14(15)11-6-9-5-10(11)13-8-3-2-7(4-8)12(9)13;1-3-4(5)6-2;1-2/h7-13H,2-6H2,1H3;3H,1H2,2H3;1-2H3. The summed E-state index contributed by atoms with van der Waals surface area (Å²) in [6.45, 7) is 7.16. The summed E-state index contributed by atoms with van der Waals surface area (Å²) in [5.74, 6) is 5.42. The molecule has 0 heterocycles. The second kappa shape index (κ2) is 8.17. The van der Waals surface area contributed by atoms with Crippen molar-refractivity contribution in [3.05, 3.63) is 12.7 Å². The Kier molecular flexibility index (Phi) is 6.47. The SMILES string of the molecule is C=CC(=O)OC.CC.COC(=O)C1CC2CC1C1C3CCC(C3)C21. The molecule has 4 nitrogen and oxygen atoms in total. The smallest absolute Gasteiger partial charge is 0.329 e. The molecule has 0 aromatic carbocycles. The Morgan fingerprint density at radius 2 is 1.54 bits per heavy atom. The highest BCUT2D eigenvalue weighted by molar-refractivity contribution is 5.80. The number of hydrogen-bond donors (Lipinski definition) is 0. The number of ether oxygens (including phenoxy) is 2. The van der Waals surface area contributed by atoms with E-state index in [1.165, 1.54) is 32.8 Å². The van der Waals surface area contributed by atoms with E-state index in [4.69, 9.17) is 4.74 Å². The summed E-state index contributed by atoms with van der Waals surface area (Å²) in [4.78, 5) is 21.6. The van der Waals surface area contributed by atoms with Crippen LogP contribution in [0.4, 0.5) is 0 Å². The zero-order valence-corrected chi connectivity index (χ0v) is 15.5. The van der Waals surface area contributed by atoms with Crippen molar-refractivity contribution in [1.82, 2.24) is 0 Å². The third-order valence-corrected chi connectivity index (χ3v) is 6.61. The Labute approximate surface area is 146 Å². The molecule has 0 aliphatic heterocycles. The number of carbonyl (C=O) groups excluding carboxylic acids is 2. The van der Waals surface area contributed by atoms with Crippen molar-refractivity contribution in [3.8, 4) is 0 Å². The molecule has 0 spiro atoms. The van der Waals surface area contributed by atoms with Crippen molar-refractivity contribution >= 4 is 11.9 Å². The highest BCUT2D eigenvalue weighted by Crippen LogP contribution is 2.68. The zero-order chi connectivity index (χ0) is 17.9. The van der Waals surface area contributed by atoms with Gasteiger partial charge in [0.25, 0.3) is 0 Å². The predicted octanol–water partition coefficient (Wildman–Crippen LogP) is 3.85. The topological polar surface area (TPSA) is 52.6 Å². The molecule has 0 aromatic rings. The molecule has 7 unspecified atom stereocenters. The maximum atomic E-state index is 11.8. The highest BCUT2D eigenvalue weighted by Gasteiger charge is 2.63. The number of carbonyl (C=O) groups is 2. The number of rotatable bonds is 2. The van der Waals surface area contributed by atoms with Crippen LogP contribution in [0.15, 0.2) is 12.7 Å². The Bertz CT molecular complexity index is 472. The summed E-state index contributed by atoms with van der Waals surface area (Å²) in [7, 11) is 2.86. The molecular weight excluding hydrogens is 304 g/mol. The van der Waals surface area contributed by atoms with E-state index in [9.17, 15) is 9.59 Å². The lowest BCUT2D eigenvalue weighted by molar-refractivity contribution is -0.149. The molecule has 4 rings (SSSR count). The summed E-state index contributed by atoms with van der Waals surface area (Å²) in [5.41, 5.74) is 0. The van der Waals surface area contributed by atoms with E-state index in [-0.39, 0.29) is 11.9 Å². The summed E-state index contributed by atoms with van der Waals surface area (Å²) in [5, 5.41) is 0. The van der Waals surface area contributed by atoms with Gasteiger partial charge in [-0.1, -0.05) is 20.4 Å². The minimum absolute atomic E-state index is 0.0775. The summed E-state index contributed by atoms with van der Waals surface area (Å²) < 4.78 is 9.12. The summed E-state index contributed by atoms with van der Waals surface area (Å²) >= 11 is 0. The van der Waals surface area contributed by atoms with Crippen LogP contribution < -0.4 is 0 Å². The number of esters is 2. The lowest BCUT2D eigenvalue weighted by atomic mass is 9.67. The number of hydrogen-bond acceptors (Lipinski definition) is 4. The van der Waals surface area contributed by atoms with Gasteiger partial charge in [0.05, 0.1) is 20.1 Å². The Morgan fingerprint density at radius 3 is 2.04 bits per heavy atom. The molecule has 4 aliphatic carbocycles. The first-order valence-corrected chi connectivity index (χ1v) is 9.38. The van der Waals surface area contributed by atoms with Crippen LogP contribution in [0.3, 0.4) is 0 Å². The van der Waals surface area contributed by atoms with Crippen LogP contribution in [0.25, 0.3) is 0 Å². The maximum absolute atomic E-state index is 11.8. The van der Waals surface area contributed by atoms with Crippen molar-refractivity contribution in [2.75, 3.05) is 14.2 Å². The van der Waals surface area contributed by atoms with Gasteiger partial charge in [0, 0.05) is 6.08 Å². The quantitative estimate of drug-likeness (QED) is 0.437. The van der Waals surface area contributed by atoms with Gasteiger partial charge < -0.3 is 9.47 Å². The van der Waals surface area contributed by atoms with Crippen molar-refractivity contribution < 1.29 is 19.1 Å². The second-order valence-corrected chi connectivity index (χ2v) is 7.24. The minimum Gasteiger partial charge on any atom is -0.469 e. The van der Waals surface area contributed by atoms with Crippen LogP contribution in [0, 0.1) is 41.4 Å². The largest absolute Gasteiger partial charge is 0.469 e. The molecule has 0 saturated heterocycles. The monoisotopic (exact) mass is 336 g/mol. The molecule has 4 bridgehead atoms. The van der Waals surface area contributed by atoms with E-state index in [1.54, 1.807) is 7.11 Å². The molecule has 0 amide bonds. The Balaban J connectivity index is 0.000000225. The molecule has 24 heavy (non-hydrogen) atoms. The first kappa shape index (κ1) is 19.0. The van der Waals surface area contributed by atoms with Crippen LogP contribution in [0.1, 0.15) is 46.0 Å². The van der Waals surface area contributed by atoms with Gasteiger partial charge in [-0.3, -0.25) is 4.79 Å². The average Bonchev–Trinajstić information content (AvgIpc) is 3.41. The molecule has 0 N–H and O–H groups in total. The lowest BCUT2D eigenvalue weighted by Gasteiger charge is -2.37. The van der Waals surface area contributed by atoms with Gasteiger partial charge in [-0.2, -0.15) is 0 Å². The van der Waals surface area contributed by atoms with Gasteiger partial charge in [-0.05, 0) is 67.6 Å². The Hall–Kier alpha value is -1.32.